The van der Waals surface area contributed by atoms with Gasteiger partial charge in [0, 0.05) is 18.7 Å². The number of halogens is 1. The van der Waals surface area contributed by atoms with E-state index in [1.165, 1.54) is 6.42 Å². The van der Waals surface area contributed by atoms with E-state index in [2.05, 4.69) is 42.6 Å². The van der Waals surface area contributed by atoms with Gasteiger partial charge in [-0.2, -0.15) is 0 Å². The Kier molecular flexibility index (Phi) is 6.41. The van der Waals surface area contributed by atoms with Gasteiger partial charge >= 0.3 is 0 Å². The molecular weight excluding hydrogens is 246 g/mol. The molecule has 0 aromatic carbocycles. The summed E-state index contributed by atoms with van der Waals surface area (Å²) >= 11 is 6.20. The Hall–Kier alpha value is -0.830. The molecule has 0 aliphatic rings. The third-order valence-electron chi connectivity index (χ3n) is 3.28. The molecule has 4 heteroatoms. The van der Waals surface area contributed by atoms with Crippen LogP contribution >= 0.6 is 11.6 Å². The number of aromatic nitrogens is 2. The Morgan fingerprint density at radius 1 is 1.28 bits per heavy atom. The fourth-order valence-electron chi connectivity index (χ4n) is 1.99. The Bertz CT molecular complexity index is 368. The SMILES string of the molecule is CCCc1c(Cl)ncnc1N(CC)CC(C)CC. The van der Waals surface area contributed by atoms with E-state index < -0.39 is 0 Å². The monoisotopic (exact) mass is 269 g/mol. The smallest absolute Gasteiger partial charge is 0.137 e. The largest absolute Gasteiger partial charge is 0.356 e. The second-order valence-corrected chi connectivity index (χ2v) is 5.13. The van der Waals surface area contributed by atoms with Gasteiger partial charge in [-0.1, -0.05) is 45.2 Å². The van der Waals surface area contributed by atoms with Gasteiger partial charge in [0.05, 0.1) is 0 Å². The Balaban J connectivity index is 3.00. The fraction of sp³-hybridized carbons (Fsp3) is 0.714. The third-order valence-corrected chi connectivity index (χ3v) is 3.61. The van der Waals surface area contributed by atoms with Gasteiger partial charge in [-0.3, -0.25) is 0 Å². The van der Waals surface area contributed by atoms with E-state index in [4.69, 9.17) is 11.6 Å². The molecule has 0 N–H and O–H groups in total. The first-order valence-corrected chi connectivity index (χ1v) is 7.26. The molecule has 3 nitrogen and oxygen atoms in total. The van der Waals surface area contributed by atoms with E-state index in [1.807, 2.05) is 0 Å². The number of rotatable bonds is 7. The first kappa shape index (κ1) is 15.2. The first-order chi connectivity index (χ1) is 8.63. The summed E-state index contributed by atoms with van der Waals surface area (Å²) in [6.07, 6.45) is 4.74. The summed E-state index contributed by atoms with van der Waals surface area (Å²) in [6, 6.07) is 0. The van der Waals surface area contributed by atoms with Crippen LogP contribution in [0.25, 0.3) is 0 Å². The van der Waals surface area contributed by atoms with Crippen LogP contribution < -0.4 is 4.90 Å². The van der Waals surface area contributed by atoms with Gasteiger partial charge < -0.3 is 4.90 Å². The van der Waals surface area contributed by atoms with Crippen molar-refractivity contribution in [2.45, 2.75) is 47.0 Å². The van der Waals surface area contributed by atoms with Gasteiger partial charge in [0.25, 0.3) is 0 Å². The molecule has 0 amide bonds. The molecule has 0 saturated carbocycles. The van der Waals surface area contributed by atoms with Gasteiger partial charge in [-0.05, 0) is 19.3 Å². The average molecular weight is 270 g/mol. The summed E-state index contributed by atoms with van der Waals surface area (Å²) in [5, 5.41) is 0.601. The maximum absolute atomic E-state index is 6.20. The van der Waals surface area contributed by atoms with E-state index in [-0.39, 0.29) is 0 Å². The van der Waals surface area contributed by atoms with Crippen molar-refractivity contribution >= 4 is 17.4 Å². The highest BCUT2D eigenvalue weighted by Crippen LogP contribution is 2.25. The molecule has 102 valence electrons. The van der Waals surface area contributed by atoms with Crippen LogP contribution in [-0.2, 0) is 6.42 Å². The molecule has 0 saturated heterocycles. The second-order valence-electron chi connectivity index (χ2n) is 4.77. The molecule has 0 aliphatic carbocycles. The first-order valence-electron chi connectivity index (χ1n) is 6.88. The van der Waals surface area contributed by atoms with Crippen molar-refractivity contribution in [2.75, 3.05) is 18.0 Å². The van der Waals surface area contributed by atoms with Gasteiger partial charge in [0.1, 0.15) is 17.3 Å². The Labute approximate surface area is 116 Å². The van der Waals surface area contributed by atoms with Crippen molar-refractivity contribution in [3.8, 4) is 0 Å². The molecule has 1 heterocycles. The van der Waals surface area contributed by atoms with Crippen LogP contribution in [0, 0.1) is 5.92 Å². The van der Waals surface area contributed by atoms with Gasteiger partial charge in [-0.15, -0.1) is 0 Å². The molecule has 1 rings (SSSR count). The minimum Gasteiger partial charge on any atom is -0.356 e. The van der Waals surface area contributed by atoms with E-state index in [9.17, 15) is 0 Å². The molecule has 1 unspecified atom stereocenters. The summed E-state index contributed by atoms with van der Waals surface area (Å²) in [5.74, 6) is 1.67. The van der Waals surface area contributed by atoms with E-state index >= 15 is 0 Å². The van der Waals surface area contributed by atoms with Gasteiger partial charge in [-0.25, -0.2) is 9.97 Å². The number of hydrogen-bond donors (Lipinski definition) is 0. The van der Waals surface area contributed by atoms with Crippen molar-refractivity contribution in [1.82, 2.24) is 9.97 Å². The summed E-state index contributed by atoms with van der Waals surface area (Å²) in [4.78, 5) is 10.9. The van der Waals surface area contributed by atoms with Crippen LogP contribution in [0.15, 0.2) is 6.33 Å². The van der Waals surface area contributed by atoms with Gasteiger partial charge in [0.2, 0.25) is 0 Å². The molecule has 1 aromatic rings. The normalized spacial score (nSPS) is 12.5. The molecule has 0 aliphatic heterocycles. The zero-order chi connectivity index (χ0) is 13.5. The molecule has 1 aromatic heterocycles. The van der Waals surface area contributed by atoms with Crippen LogP contribution in [-0.4, -0.2) is 23.1 Å². The molecule has 0 fully saturated rings. The quantitative estimate of drug-likeness (QED) is 0.702. The van der Waals surface area contributed by atoms with Crippen LogP contribution in [0.3, 0.4) is 0 Å². The number of hydrogen-bond acceptors (Lipinski definition) is 3. The minimum absolute atomic E-state index is 0.601. The minimum atomic E-state index is 0.601. The highest BCUT2D eigenvalue weighted by molar-refractivity contribution is 6.30. The van der Waals surface area contributed by atoms with Crippen molar-refractivity contribution in [2.24, 2.45) is 5.92 Å². The maximum atomic E-state index is 6.20. The lowest BCUT2D eigenvalue weighted by Crippen LogP contribution is -2.30. The van der Waals surface area contributed by atoms with Crippen LogP contribution in [0.5, 0.6) is 0 Å². The molecule has 0 bridgehead atoms. The zero-order valence-electron chi connectivity index (χ0n) is 11.9. The Morgan fingerprint density at radius 2 is 2.00 bits per heavy atom. The van der Waals surface area contributed by atoms with Crippen LogP contribution in [0.4, 0.5) is 5.82 Å². The highest BCUT2D eigenvalue weighted by atomic mass is 35.5. The number of anilines is 1. The predicted molar refractivity (Wildman–Crippen MR) is 78.4 cm³/mol. The molecule has 0 spiro atoms. The van der Waals surface area contributed by atoms with Crippen molar-refractivity contribution in [1.29, 1.82) is 0 Å². The third kappa shape index (κ3) is 3.84. The molecular formula is C14H24ClN3. The molecule has 0 radical (unpaired) electrons. The standard InChI is InChI=1S/C14H24ClN3/c1-5-8-12-13(15)16-10-17-14(12)18(7-3)9-11(4)6-2/h10-11H,5-9H2,1-4H3. The van der Waals surface area contributed by atoms with Crippen molar-refractivity contribution in [3.05, 3.63) is 17.0 Å². The summed E-state index contributed by atoms with van der Waals surface area (Å²) in [7, 11) is 0. The fourth-order valence-corrected chi connectivity index (χ4v) is 2.21. The lowest BCUT2D eigenvalue weighted by molar-refractivity contribution is 0.544. The predicted octanol–water partition coefficient (Wildman–Crippen LogP) is 3.95. The summed E-state index contributed by atoms with van der Waals surface area (Å²) < 4.78 is 0. The topological polar surface area (TPSA) is 29.0 Å². The highest BCUT2D eigenvalue weighted by Gasteiger charge is 2.16. The molecule has 18 heavy (non-hydrogen) atoms. The van der Waals surface area contributed by atoms with Crippen molar-refractivity contribution in [3.63, 3.8) is 0 Å². The zero-order valence-corrected chi connectivity index (χ0v) is 12.7. The summed E-state index contributed by atoms with van der Waals surface area (Å²) in [5.41, 5.74) is 1.09. The second kappa shape index (κ2) is 7.57. The number of nitrogens with zero attached hydrogens (tertiary/aromatic N) is 3. The molecule has 1 atom stereocenters. The van der Waals surface area contributed by atoms with E-state index in [1.54, 1.807) is 6.33 Å². The van der Waals surface area contributed by atoms with Crippen molar-refractivity contribution < 1.29 is 0 Å². The lowest BCUT2D eigenvalue weighted by Gasteiger charge is -2.27. The van der Waals surface area contributed by atoms with E-state index in [0.717, 1.165) is 37.3 Å². The van der Waals surface area contributed by atoms with Crippen LogP contribution in [0.1, 0.15) is 46.1 Å². The van der Waals surface area contributed by atoms with E-state index in [0.29, 0.717) is 11.1 Å². The van der Waals surface area contributed by atoms with Crippen LogP contribution in [0.2, 0.25) is 5.15 Å². The van der Waals surface area contributed by atoms with Gasteiger partial charge in [0.15, 0.2) is 0 Å². The average Bonchev–Trinajstić information content (AvgIpc) is 2.38. The Morgan fingerprint density at radius 3 is 2.56 bits per heavy atom. The summed E-state index contributed by atoms with van der Waals surface area (Å²) in [6.45, 7) is 10.8. The maximum Gasteiger partial charge on any atom is 0.137 e. The lowest BCUT2D eigenvalue weighted by atomic mass is 10.1.